The van der Waals surface area contributed by atoms with Crippen LogP contribution in [-0.2, 0) is 34.3 Å². The number of hydrogen-bond donors (Lipinski definition) is 4. The Bertz CT molecular complexity index is 1380. The van der Waals surface area contributed by atoms with Crippen molar-refractivity contribution in [2.24, 2.45) is 23.2 Å². The molecule has 49 heavy (non-hydrogen) atoms. The maximum Gasteiger partial charge on any atom is 0.326 e. The first-order valence-electron chi connectivity index (χ1n) is 17.4. The van der Waals surface area contributed by atoms with Gasteiger partial charge in [-0.05, 0) is 76.2 Å². The molecule has 0 aromatic heterocycles. The van der Waals surface area contributed by atoms with Crippen molar-refractivity contribution in [3.8, 4) is 0 Å². The predicted molar refractivity (Wildman–Crippen MR) is 186 cm³/mol. The smallest absolute Gasteiger partial charge is 0.326 e. The Morgan fingerprint density at radius 3 is 2.02 bits per heavy atom. The zero-order chi connectivity index (χ0) is 36.9. The van der Waals surface area contributed by atoms with Gasteiger partial charge in [0.15, 0.2) is 0 Å². The average molecular weight is 684 g/mol. The third kappa shape index (κ3) is 11.3. The van der Waals surface area contributed by atoms with Crippen LogP contribution in [0.25, 0.3) is 0 Å². The molecule has 1 aliphatic carbocycles. The third-order valence-corrected chi connectivity index (χ3v) is 9.08. The van der Waals surface area contributed by atoms with E-state index < -0.39 is 70.8 Å². The van der Waals surface area contributed by atoms with E-state index in [4.69, 9.17) is 4.74 Å². The molecule has 12 heteroatoms. The molecule has 5 amide bonds. The van der Waals surface area contributed by atoms with Crippen LogP contribution >= 0.6 is 0 Å². The van der Waals surface area contributed by atoms with Crippen LogP contribution in [0.5, 0.6) is 0 Å². The van der Waals surface area contributed by atoms with E-state index >= 15 is 0 Å². The molecule has 4 unspecified atom stereocenters. The summed E-state index contributed by atoms with van der Waals surface area (Å²) in [5.74, 6) is -3.48. The molecule has 1 saturated heterocycles. The molecule has 3 rings (SSSR count). The number of esters is 1. The minimum atomic E-state index is -1.13. The zero-order valence-corrected chi connectivity index (χ0v) is 30.9. The van der Waals surface area contributed by atoms with Gasteiger partial charge in [0.2, 0.25) is 17.6 Å². The molecule has 1 aliphatic heterocycles. The Morgan fingerprint density at radius 1 is 0.878 bits per heavy atom. The van der Waals surface area contributed by atoms with E-state index in [9.17, 15) is 28.8 Å². The molecular formula is C37H57N5O7. The number of benzene rings is 1. The number of ketones is 1. The van der Waals surface area contributed by atoms with E-state index in [-0.39, 0.29) is 30.1 Å². The Balaban J connectivity index is 1.75. The van der Waals surface area contributed by atoms with Crippen molar-refractivity contribution < 1.29 is 33.5 Å². The van der Waals surface area contributed by atoms with Gasteiger partial charge < -0.3 is 30.9 Å². The molecule has 2 aliphatic rings. The highest BCUT2D eigenvalue weighted by molar-refractivity contribution is 6.38. The van der Waals surface area contributed by atoms with Crippen molar-refractivity contribution in [1.29, 1.82) is 0 Å². The zero-order valence-electron chi connectivity index (χ0n) is 30.9. The second-order valence-corrected chi connectivity index (χ2v) is 16.5. The fourth-order valence-corrected chi connectivity index (χ4v) is 6.21. The summed E-state index contributed by atoms with van der Waals surface area (Å²) < 4.78 is 5.58. The van der Waals surface area contributed by atoms with Crippen LogP contribution in [-0.4, -0.2) is 77.2 Å². The largest absolute Gasteiger partial charge is 0.453 e. The van der Waals surface area contributed by atoms with Gasteiger partial charge in [0.1, 0.15) is 24.2 Å². The number of nitrogens with zero attached hydrogens (tertiary/aromatic N) is 1. The molecule has 1 aromatic carbocycles. The summed E-state index contributed by atoms with van der Waals surface area (Å²) in [5, 5.41) is 10.8. The first-order chi connectivity index (χ1) is 22.6. The average Bonchev–Trinajstić information content (AvgIpc) is 3.69. The molecule has 12 nitrogen and oxygen atoms in total. The number of rotatable bonds is 13. The van der Waals surface area contributed by atoms with Crippen LogP contribution in [0.3, 0.4) is 0 Å². The van der Waals surface area contributed by atoms with Crippen molar-refractivity contribution in [1.82, 2.24) is 26.2 Å². The number of nitrogens with one attached hydrogen (secondary N) is 4. The lowest BCUT2D eigenvalue weighted by Gasteiger charge is -2.37. The molecule has 0 spiro atoms. The number of hydrogen-bond acceptors (Lipinski definition) is 7. The minimum Gasteiger partial charge on any atom is -0.453 e. The molecule has 0 radical (unpaired) electrons. The molecule has 4 atom stereocenters. The number of Topliss-reactive ketones (excluding diaryl/α,β-unsaturated/α-hetero) is 1. The standard InChI is InChI=1S/C37H57N5O7/c1-22(2)25-18-19-42(33(47)30(35(3,4)5)40-34(48)41-36(6,7)8)28(25)31(45)39-26(20-23-16-17-23)29(44)32(46)38-21-27(43)49-37(9,10)24-14-12-11-13-15-24/h11-15,22-23,25-26,28,30H,16-21H2,1-10H3,(H,38,46)(H,39,45)(H2,40,41,48). The van der Waals surface area contributed by atoms with E-state index in [0.717, 1.165) is 18.4 Å². The fraction of sp³-hybridized carbons (Fsp3) is 0.676. The predicted octanol–water partition coefficient (Wildman–Crippen LogP) is 3.82. The van der Waals surface area contributed by atoms with Crippen LogP contribution in [0, 0.1) is 23.2 Å². The Kier molecular flexibility index (Phi) is 12.7. The quantitative estimate of drug-likeness (QED) is 0.182. The Hall–Kier alpha value is -3.96. The first kappa shape index (κ1) is 39.5. The lowest BCUT2D eigenvalue weighted by atomic mass is 9.84. The van der Waals surface area contributed by atoms with Gasteiger partial charge in [0.25, 0.3) is 5.91 Å². The van der Waals surface area contributed by atoms with Crippen molar-refractivity contribution in [2.45, 2.75) is 124 Å². The van der Waals surface area contributed by atoms with Crippen LogP contribution in [0.4, 0.5) is 4.79 Å². The molecular weight excluding hydrogens is 626 g/mol. The van der Waals surface area contributed by atoms with Gasteiger partial charge in [-0.25, -0.2) is 4.79 Å². The lowest BCUT2D eigenvalue weighted by Crippen LogP contribution is -2.62. The van der Waals surface area contributed by atoms with E-state index in [1.165, 1.54) is 4.90 Å². The van der Waals surface area contributed by atoms with Gasteiger partial charge in [0, 0.05) is 12.1 Å². The van der Waals surface area contributed by atoms with Crippen molar-refractivity contribution >= 4 is 35.5 Å². The molecule has 4 N–H and O–H groups in total. The molecule has 0 bridgehead atoms. The molecule has 1 heterocycles. The fourth-order valence-electron chi connectivity index (χ4n) is 6.21. The summed E-state index contributed by atoms with van der Waals surface area (Å²) >= 11 is 0. The highest BCUT2D eigenvalue weighted by atomic mass is 16.6. The molecule has 1 saturated carbocycles. The number of ether oxygens (including phenoxy) is 1. The van der Waals surface area contributed by atoms with Crippen molar-refractivity contribution in [3.63, 3.8) is 0 Å². The van der Waals surface area contributed by atoms with Gasteiger partial charge in [-0.3, -0.25) is 24.0 Å². The number of amides is 5. The van der Waals surface area contributed by atoms with Crippen molar-refractivity contribution in [2.75, 3.05) is 13.1 Å². The summed E-state index contributed by atoms with van der Waals surface area (Å²) in [7, 11) is 0. The summed E-state index contributed by atoms with van der Waals surface area (Å²) in [5.41, 5.74) is -1.38. The number of carbonyl (C=O) groups excluding carboxylic acids is 6. The van der Waals surface area contributed by atoms with Crippen LogP contribution in [0.15, 0.2) is 30.3 Å². The summed E-state index contributed by atoms with van der Waals surface area (Å²) in [4.78, 5) is 81.8. The third-order valence-electron chi connectivity index (χ3n) is 9.08. The highest BCUT2D eigenvalue weighted by Crippen LogP contribution is 2.36. The van der Waals surface area contributed by atoms with E-state index in [1.807, 2.05) is 85.7 Å². The minimum absolute atomic E-state index is 0.0332. The Labute approximate surface area is 291 Å². The maximum absolute atomic E-state index is 14.2. The van der Waals surface area contributed by atoms with Crippen LogP contribution in [0.2, 0.25) is 0 Å². The number of likely N-dealkylation sites (tertiary alicyclic amines) is 1. The van der Waals surface area contributed by atoms with Crippen LogP contribution in [0.1, 0.15) is 100 Å². The number of urea groups is 1. The highest BCUT2D eigenvalue weighted by Gasteiger charge is 2.48. The van der Waals surface area contributed by atoms with E-state index in [1.54, 1.807) is 13.8 Å². The van der Waals surface area contributed by atoms with Gasteiger partial charge in [0.05, 0.1) is 6.04 Å². The first-order valence-corrected chi connectivity index (χ1v) is 17.4. The van der Waals surface area contributed by atoms with E-state index in [2.05, 4.69) is 21.3 Å². The normalized spacial score (nSPS) is 19.4. The van der Waals surface area contributed by atoms with Crippen LogP contribution < -0.4 is 21.3 Å². The van der Waals surface area contributed by atoms with Gasteiger partial charge in [-0.2, -0.15) is 0 Å². The molecule has 1 aromatic rings. The molecule has 272 valence electrons. The molecule has 2 fully saturated rings. The van der Waals surface area contributed by atoms with Gasteiger partial charge in [-0.15, -0.1) is 0 Å². The second-order valence-electron chi connectivity index (χ2n) is 16.5. The number of carbonyl (C=O) groups is 6. The summed E-state index contributed by atoms with van der Waals surface area (Å²) in [6, 6.07) is 5.71. The summed E-state index contributed by atoms with van der Waals surface area (Å²) in [6.07, 6.45) is 2.59. The lowest BCUT2D eigenvalue weighted by molar-refractivity contribution is -0.157. The van der Waals surface area contributed by atoms with Crippen molar-refractivity contribution in [3.05, 3.63) is 35.9 Å². The Morgan fingerprint density at radius 2 is 1.49 bits per heavy atom. The summed E-state index contributed by atoms with van der Waals surface area (Å²) in [6.45, 7) is 18.3. The van der Waals surface area contributed by atoms with Gasteiger partial charge >= 0.3 is 12.0 Å². The topological polar surface area (TPSA) is 163 Å². The van der Waals surface area contributed by atoms with E-state index in [0.29, 0.717) is 13.0 Å². The SMILES string of the molecule is CC(C)C1CCN(C(=O)C(NC(=O)NC(C)(C)C)C(C)(C)C)C1C(=O)NC(CC1CC1)C(=O)C(=O)NCC(=O)OC(C)(C)c1ccccc1. The van der Waals surface area contributed by atoms with Gasteiger partial charge in [-0.1, -0.05) is 77.8 Å². The second kappa shape index (κ2) is 15.7. The maximum atomic E-state index is 14.2. The monoisotopic (exact) mass is 683 g/mol.